The summed E-state index contributed by atoms with van der Waals surface area (Å²) in [4.78, 5) is 24.4. The van der Waals surface area contributed by atoms with Gasteiger partial charge in [-0.3, -0.25) is 4.79 Å². The fourth-order valence-electron chi connectivity index (χ4n) is 3.15. The van der Waals surface area contributed by atoms with Crippen LogP contribution in [0.2, 0.25) is 0 Å². The van der Waals surface area contributed by atoms with Gasteiger partial charge in [0, 0.05) is 11.6 Å². The van der Waals surface area contributed by atoms with Crippen molar-refractivity contribution in [3.8, 4) is 5.75 Å². The third-order valence-electron chi connectivity index (χ3n) is 4.55. The van der Waals surface area contributed by atoms with E-state index >= 15 is 0 Å². The first-order valence-corrected chi connectivity index (χ1v) is 8.83. The number of rotatable bonds is 5. The summed E-state index contributed by atoms with van der Waals surface area (Å²) in [6.07, 6.45) is 0.571. The Balaban J connectivity index is 2.07. The summed E-state index contributed by atoms with van der Waals surface area (Å²) in [6, 6.07) is 13.4. The van der Waals surface area contributed by atoms with Gasteiger partial charge in [0.2, 0.25) is 5.91 Å². The Morgan fingerprint density at radius 2 is 1.96 bits per heavy atom. The average molecular weight is 366 g/mol. The zero-order chi connectivity index (χ0) is 19.6. The van der Waals surface area contributed by atoms with Crippen molar-refractivity contribution >= 4 is 22.6 Å². The van der Waals surface area contributed by atoms with Crippen molar-refractivity contribution < 1.29 is 14.3 Å². The summed E-state index contributed by atoms with van der Waals surface area (Å²) in [5.74, 6) is -0.745. The van der Waals surface area contributed by atoms with Gasteiger partial charge in [0.15, 0.2) is 0 Å². The lowest BCUT2D eigenvalue weighted by Crippen LogP contribution is -2.32. The molecule has 2 aromatic carbocycles. The lowest BCUT2D eigenvalue weighted by Gasteiger charge is -2.18. The van der Waals surface area contributed by atoms with E-state index in [9.17, 15) is 14.7 Å². The summed E-state index contributed by atoms with van der Waals surface area (Å²) in [6.45, 7) is 3.53. The molecule has 6 heteroatoms. The average Bonchev–Trinajstić information content (AvgIpc) is 2.65. The van der Waals surface area contributed by atoms with Gasteiger partial charge in [-0.15, -0.1) is 0 Å². The fourth-order valence-corrected chi connectivity index (χ4v) is 3.15. The van der Waals surface area contributed by atoms with Crippen LogP contribution in [0.15, 0.2) is 57.7 Å². The molecule has 1 heterocycles. The molecule has 0 aliphatic carbocycles. The Morgan fingerprint density at radius 3 is 2.67 bits per heavy atom. The number of carbonyl (C=O) groups is 1. The van der Waals surface area contributed by atoms with Gasteiger partial charge < -0.3 is 20.6 Å². The van der Waals surface area contributed by atoms with Crippen LogP contribution in [0.5, 0.6) is 5.75 Å². The predicted molar refractivity (Wildman–Crippen MR) is 105 cm³/mol. The molecule has 0 fully saturated rings. The quantitative estimate of drug-likeness (QED) is 0.601. The van der Waals surface area contributed by atoms with Crippen molar-refractivity contribution in [2.24, 2.45) is 5.73 Å². The molecule has 140 valence electrons. The van der Waals surface area contributed by atoms with E-state index in [1.165, 1.54) is 0 Å². The second-order valence-corrected chi connectivity index (χ2v) is 6.51. The molecule has 6 nitrogen and oxygen atoms in total. The normalized spacial score (nSPS) is 13.3. The Morgan fingerprint density at radius 1 is 1.22 bits per heavy atom. The van der Waals surface area contributed by atoms with Crippen LogP contribution in [0.3, 0.4) is 0 Å². The number of carbonyl (C=O) groups excluding carboxylic acids is 1. The number of aromatic hydroxyl groups is 1. The highest BCUT2D eigenvalue weighted by Crippen LogP contribution is 2.36. The van der Waals surface area contributed by atoms with Crippen LogP contribution in [0.25, 0.3) is 11.0 Å². The highest BCUT2D eigenvalue weighted by molar-refractivity contribution is 5.94. The molecule has 27 heavy (non-hydrogen) atoms. The second-order valence-electron chi connectivity index (χ2n) is 6.51. The summed E-state index contributed by atoms with van der Waals surface area (Å²) in [7, 11) is 0. The van der Waals surface area contributed by atoms with Crippen molar-refractivity contribution in [2.75, 3.05) is 5.32 Å². The maximum Gasteiger partial charge on any atom is 0.343 e. The molecular weight excluding hydrogens is 344 g/mol. The highest BCUT2D eigenvalue weighted by Gasteiger charge is 2.23. The zero-order valence-corrected chi connectivity index (χ0v) is 15.2. The minimum absolute atomic E-state index is 0.0706. The molecule has 0 spiro atoms. The van der Waals surface area contributed by atoms with Crippen molar-refractivity contribution in [3.05, 3.63) is 70.1 Å². The molecule has 0 aliphatic rings. The number of benzene rings is 2. The first-order valence-electron chi connectivity index (χ1n) is 8.83. The Labute approximate surface area is 156 Å². The molecular formula is C21H22N2O4. The fraction of sp³-hybridized carbons (Fsp3) is 0.238. The van der Waals surface area contributed by atoms with Crippen molar-refractivity contribution in [1.82, 2.24) is 0 Å². The monoisotopic (exact) mass is 366 g/mol. The van der Waals surface area contributed by atoms with Crippen LogP contribution in [-0.4, -0.2) is 17.1 Å². The molecule has 0 radical (unpaired) electrons. The number of nitrogens with two attached hydrogens (primary N) is 1. The lowest BCUT2D eigenvalue weighted by molar-refractivity contribution is -0.117. The Kier molecular flexibility index (Phi) is 5.28. The molecule has 1 amide bonds. The highest BCUT2D eigenvalue weighted by atomic mass is 16.4. The Hall–Kier alpha value is -3.12. The summed E-state index contributed by atoms with van der Waals surface area (Å²) >= 11 is 0. The van der Waals surface area contributed by atoms with Crippen LogP contribution in [-0.2, 0) is 4.79 Å². The number of amides is 1. The van der Waals surface area contributed by atoms with Gasteiger partial charge in [0.25, 0.3) is 0 Å². The van der Waals surface area contributed by atoms with Crippen molar-refractivity contribution in [1.29, 1.82) is 0 Å². The van der Waals surface area contributed by atoms with E-state index in [0.29, 0.717) is 23.1 Å². The van der Waals surface area contributed by atoms with Gasteiger partial charge >= 0.3 is 5.63 Å². The Bertz CT molecular complexity index is 1040. The predicted octanol–water partition coefficient (Wildman–Crippen LogP) is 3.33. The molecule has 0 aliphatic heterocycles. The molecule has 0 saturated carbocycles. The number of hydrogen-bond acceptors (Lipinski definition) is 5. The first kappa shape index (κ1) is 18.7. The van der Waals surface area contributed by atoms with E-state index in [1.807, 2.05) is 13.0 Å². The number of anilines is 1. The first-order chi connectivity index (χ1) is 12.9. The maximum atomic E-state index is 12.6. The van der Waals surface area contributed by atoms with E-state index in [-0.39, 0.29) is 23.1 Å². The SMILES string of the molecule is CCC(c1cccc(NC(=O)C(C)N)c1)c1c(O)c2ccccc2oc1=O. The van der Waals surface area contributed by atoms with E-state index < -0.39 is 11.7 Å². The number of hydrogen-bond donors (Lipinski definition) is 3. The molecule has 3 aromatic rings. The van der Waals surface area contributed by atoms with Gasteiger partial charge in [0.1, 0.15) is 11.3 Å². The standard InChI is InChI=1S/C21H22N2O4/c1-3-15(13-7-6-8-14(11-13)23-20(25)12(2)22)18-19(24)16-9-4-5-10-17(16)27-21(18)26/h4-12,15,24H,3,22H2,1-2H3,(H,23,25). The summed E-state index contributed by atoms with van der Waals surface area (Å²) in [5, 5.41) is 14.0. The molecule has 1 aromatic heterocycles. The van der Waals surface area contributed by atoms with Crippen LogP contribution in [0.1, 0.15) is 37.3 Å². The lowest BCUT2D eigenvalue weighted by atomic mass is 9.88. The van der Waals surface area contributed by atoms with Gasteiger partial charge in [-0.2, -0.15) is 0 Å². The second kappa shape index (κ2) is 7.63. The largest absolute Gasteiger partial charge is 0.507 e. The van der Waals surface area contributed by atoms with E-state index in [2.05, 4.69) is 5.32 Å². The van der Waals surface area contributed by atoms with E-state index in [0.717, 1.165) is 5.56 Å². The number of nitrogens with one attached hydrogen (secondary N) is 1. The van der Waals surface area contributed by atoms with Gasteiger partial charge in [0.05, 0.1) is 17.0 Å². The summed E-state index contributed by atoms with van der Waals surface area (Å²) < 4.78 is 5.40. The molecule has 4 N–H and O–H groups in total. The van der Waals surface area contributed by atoms with Gasteiger partial charge in [-0.25, -0.2) is 4.79 Å². The van der Waals surface area contributed by atoms with E-state index in [4.69, 9.17) is 10.2 Å². The minimum Gasteiger partial charge on any atom is -0.507 e. The van der Waals surface area contributed by atoms with Crippen LogP contribution in [0, 0.1) is 0 Å². The maximum absolute atomic E-state index is 12.6. The third-order valence-corrected chi connectivity index (χ3v) is 4.55. The van der Waals surface area contributed by atoms with Crippen molar-refractivity contribution in [2.45, 2.75) is 32.2 Å². The van der Waals surface area contributed by atoms with Gasteiger partial charge in [-0.05, 0) is 43.2 Å². The molecule has 0 bridgehead atoms. The topological polar surface area (TPSA) is 106 Å². The smallest absolute Gasteiger partial charge is 0.343 e. The van der Waals surface area contributed by atoms with Gasteiger partial charge in [-0.1, -0.05) is 31.2 Å². The van der Waals surface area contributed by atoms with E-state index in [1.54, 1.807) is 49.4 Å². The molecule has 3 rings (SSSR count). The minimum atomic E-state index is -0.632. The zero-order valence-electron chi connectivity index (χ0n) is 15.2. The summed E-state index contributed by atoms with van der Waals surface area (Å²) in [5.41, 5.74) is 6.96. The van der Waals surface area contributed by atoms with Crippen LogP contribution >= 0.6 is 0 Å². The molecule has 2 unspecified atom stereocenters. The van der Waals surface area contributed by atoms with Crippen LogP contribution < -0.4 is 16.7 Å². The molecule has 0 saturated heterocycles. The molecule has 2 atom stereocenters. The van der Waals surface area contributed by atoms with Crippen LogP contribution in [0.4, 0.5) is 5.69 Å². The third kappa shape index (κ3) is 3.71. The number of para-hydroxylation sites is 1. The number of fused-ring (bicyclic) bond motifs is 1. The van der Waals surface area contributed by atoms with Crippen molar-refractivity contribution in [3.63, 3.8) is 0 Å².